The largest absolute Gasteiger partial charge is 0.373 e. The van der Waals surface area contributed by atoms with E-state index in [2.05, 4.69) is 15.3 Å². The molecule has 4 heteroatoms. The number of nitrogens with zero attached hydrogens (tertiary/aromatic N) is 1. The van der Waals surface area contributed by atoms with Crippen LogP contribution in [0.1, 0.15) is 18.7 Å². The molecule has 1 aliphatic rings. The van der Waals surface area contributed by atoms with E-state index in [0.29, 0.717) is 0 Å². The second kappa shape index (κ2) is 3.23. The van der Waals surface area contributed by atoms with Crippen molar-refractivity contribution < 1.29 is 0 Å². The van der Waals surface area contributed by atoms with Gasteiger partial charge in [0.1, 0.15) is 4.99 Å². The molecule has 12 heavy (non-hydrogen) atoms. The lowest BCUT2D eigenvalue weighted by atomic mass is 10.4. The molecule has 0 aromatic carbocycles. The molecule has 1 saturated carbocycles. The number of H-pyrrole nitrogens is 1. The van der Waals surface area contributed by atoms with Gasteiger partial charge in [-0.2, -0.15) is 0 Å². The van der Waals surface area contributed by atoms with Gasteiger partial charge in [0.25, 0.3) is 0 Å². The molecular weight excluding hydrogens is 170 g/mol. The summed E-state index contributed by atoms with van der Waals surface area (Å²) >= 11 is 5.12. The lowest BCUT2D eigenvalue weighted by molar-refractivity contribution is 0.776. The molecule has 0 atom stereocenters. The molecule has 0 unspecified atom stereocenters. The maximum atomic E-state index is 5.12. The van der Waals surface area contributed by atoms with Gasteiger partial charge in [-0.1, -0.05) is 12.2 Å². The Morgan fingerprint density at radius 1 is 1.75 bits per heavy atom. The highest BCUT2D eigenvalue weighted by molar-refractivity contribution is 7.80. The summed E-state index contributed by atoms with van der Waals surface area (Å²) in [5, 5.41) is 3.18. The SMILES string of the molecule is S=C(NCC1CC1)c1ncc[nH]1. The molecular formula is C8H11N3S. The third-order valence-electron chi connectivity index (χ3n) is 1.96. The van der Waals surface area contributed by atoms with Crippen molar-refractivity contribution in [2.45, 2.75) is 12.8 Å². The normalized spacial score (nSPS) is 16.0. The van der Waals surface area contributed by atoms with Crippen LogP contribution >= 0.6 is 12.2 Å². The van der Waals surface area contributed by atoms with E-state index in [9.17, 15) is 0 Å². The zero-order valence-electron chi connectivity index (χ0n) is 6.71. The minimum Gasteiger partial charge on any atom is -0.373 e. The first-order valence-electron chi connectivity index (χ1n) is 4.14. The van der Waals surface area contributed by atoms with E-state index in [1.54, 1.807) is 12.4 Å². The van der Waals surface area contributed by atoms with E-state index in [-0.39, 0.29) is 0 Å². The number of rotatable bonds is 3. The third-order valence-corrected chi connectivity index (χ3v) is 2.30. The van der Waals surface area contributed by atoms with Crippen LogP contribution in [-0.4, -0.2) is 21.5 Å². The Kier molecular flexibility index (Phi) is 2.08. The van der Waals surface area contributed by atoms with Gasteiger partial charge in [-0.05, 0) is 18.8 Å². The maximum absolute atomic E-state index is 5.12. The van der Waals surface area contributed by atoms with Crippen molar-refractivity contribution in [1.29, 1.82) is 0 Å². The summed E-state index contributed by atoms with van der Waals surface area (Å²) in [4.78, 5) is 7.75. The van der Waals surface area contributed by atoms with Crippen LogP contribution in [0.2, 0.25) is 0 Å². The second-order valence-corrected chi connectivity index (χ2v) is 3.50. The Hall–Kier alpha value is -0.900. The highest BCUT2D eigenvalue weighted by Gasteiger charge is 2.21. The molecule has 1 aliphatic carbocycles. The number of thiocarbonyl (C=S) groups is 1. The smallest absolute Gasteiger partial charge is 0.164 e. The van der Waals surface area contributed by atoms with E-state index >= 15 is 0 Å². The van der Waals surface area contributed by atoms with Gasteiger partial charge in [0.05, 0.1) is 0 Å². The lowest BCUT2D eigenvalue weighted by Crippen LogP contribution is -2.25. The summed E-state index contributed by atoms with van der Waals surface area (Å²) < 4.78 is 0. The summed E-state index contributed by atoms with van der Waals surface area (Å²) in [6, 6.07) is 0. The monoisotopic (exact) mass is 181 g/mol. The molecule has 1 heterocycles. The molecule has 64 valence electrons. The maximum Gasteiger partial charge on any atom is 0.164 e. The van der Waals surface area contributed by atoms with Crippen LogP contribution in [0.4, 0.5) is 0 Å². The highest BCUT2D eigenvalue weighted by Crippen LogP contribution is 2.27. The predicted octanol–water partition coefficient (Wildman–Crippen LogP) is 1.08. The molecule has 0 bridgehead atoms. The first-order chi connectivity index (χ1) is 5.86. The van der Waals surface area contributed by atoms with Crippen molar-refractivity contribution in [3.8, 4) is 0 Å². The molecule has 0 amide bonds. The van der Waals surface area contributed by atoms with Gasteiger partial charge < -0.3 is 10.3 Å². The number of imidazole rings is 1. The molecule has 0 saturated heterocycles. The Balaban J connectivity index is 1.83. The molecule has 0 spiro atoms. The molecule has 1 fully saturated rings. The van der Waals surface area contributed by atoms with E-state index < -0.39 is 0 Å². The number of aromatic nitrogens is 2. The number of aromatic amines is 1. The van der Waals surface area contributed by atoms with Gasteiger partial charge in [-0.3, -0.25) is 0 Å². The standard InChI is InChI=1S/C8H11N3S/c12-8(7-9-3-4-10-7)11-5-6-1-2-6/h3-4,6H,1-2,5H2,(H,9,10)(H,11,12). The molecule has 2 rings (SSSR count). The lowest BCUT2D eigenvalue weighted by Gasteiger charge is -2.02. The van der Waals surface area contributed by atoms with Crippen molar-refractivity contribution in [3.05, 3.63) is 18.2 Å². The Morgan fingerprint density at radius 3 is 3.17 bits per heavy atom. The fourth-order valence-corrected chi connectivity index (χ4v) is 1.23. The summed E-state index contributed by atoms with van der Waals surface area (Å²) in [7, 11) is 0. The zero-order chi connectivity index (χ0) is 8.39. The van der Waals surface area contributed by atoms with Gasteiger partial charge >= 0.3 is 0 Å². The van der Waals surface area contributed by atoms with Crippen LogP contribution in [0, 0.1) is 5.92 Å². The van der Waals surface area contributed by atoms with Gasteiger partial charge in [0.2, 0.25) is 0 Å². The zero-order valence-corrected chi connectivity index (χ0v) is 7.53. The Morgan fingerprint density at radius 2 is 2.58 bits per heavy atom. The van der Waals surface area contributed by atoms with Crippen molar-refractivity contribution >= 4 is 17.2 Å². The minimum absolute atomic E-state index is 0.729. The summed E-state index contributed by atoms with van der Waals surface area (Å²) in [5.74, 6) is 1.61. The summed E-state index contributed by atoms with van der Waals surface area (Å²) in [6.07, 6.45) is 6.17. The molecule has 0 aliphatic heterocycles. The molecule has 2 N–H and O–H groups in total. The third kappa shape index (κ3) is 1.82. The molecule has 0 radical (unpaired) electrons. The van der Waals surface area contributed by atoms with E-state index in [1.807, 2.05) is 0 Å². The average molecular weight is 181 g/mol. The number of hydrogen-bond acceptors (Lipinski definition) is 2. The Labute approximate surface area is 76.6 Å². The fraction of sp³-hybridized carbons (Fsp3) is 0.500. The van der Waals surface area contributed by atoms with Crippen LogP contribution in [0.25, 0.3) is 0 Å². The first kappa shape index (κ1) is 7.73. The molecule has 3 nitrogen and oxygen atoms in total. The molecule has 1 aromatic rings. The Bertz CT molecular complexity index is 264. The predicted molar refractivity (Wildman–Crippen MR) is 51.0 cm³/mol. The van der Waals surface area contributed by atoms with Gasteiger partial charge in [-0.15, -0.1) is 0 Å². The van der Waals surface area contributed by atoms with Crippen LogP contribution in [0.3, 0.4) is 0 Å². The van der Waals surface area contributed by atoms with Gasteiger partial charge in [0.15, 0.2) is 5.82 Å². The minimum atomic E-state index is 0.729. The van der Waals surface area contributed by atoms with E-state index in [1.165, 1.54) is 12.8 Å². The highest BCUT2D eigenvalue weighted by atomic mass is 32.1. The van der Waals surface area contributed by atoms with Crippen molar-refractivity contribution in [3.63, 3.8) is 0 Å². The van der Waals surface area contributed by atoms with Crippen molar-refractivity contribution in [2.24, 2.45) is 5.92 Å². The van der Waals surface area contributed by atoms with E-state index in [0.717, 1.165) is 23.3 Å². The van der Waals surface area contributed by atoms with Crippen LogP contribution < -0.4 is 5.32 Å². The molecule has 1 aromatic heterocycles. The fourth-order valence-electron chi connectivity index (χ4n) is 1.03. The topological polar surface area (TPSA) is 40.7 Å². The van der Waals surface area contributed by atoms with Crippen molar-refractivity contribution in [1.82, 2.24) is 15.3 Å². The van der Waals surface area contributed by atoms with E-state index in [4.69, 9.17) is 12.2 Å². The van der Waals surface area contributed by atoms with Gasteiger partial charge in [-0.25, -0.2) is 4.98 Å². The first-order valence-corrected chi connectivity index (χ1v) is 4.54. The summed E-state index contributed by atoms with van der Waals surface area (Å²) in [5.41, 5.74) is 0. The number of nitrogens with one attached hydrogen (secondary N) is 2. The van der Waals surface area contributed by atoms with Crippen LogP contribution in [0.5, 0.6) is 0 Å². The summed E-state index contributed by atoms with van der Waals surface area (Å²) in [6.45, 7) is 1.000. The van der Waals surface area contributed by atoms with Gasteiger partial charge in [0, 0.05) is 18.9 Å². The van der Waals surface area contributed by atoms with Crippen molar-refractivity contribution in [2.75, 3.05) is 6.54 Å². The quantitative estimate of drug-likeness (QED) is 0.686. The second-order valence-electron chi connectivity index (χ2n) is 3.09. The average Bonchev–Trinajstić information content (AvgIpc) is 2.74. The van der Waals surface area contributed by atoms with Crippen LogP contribution in [-0.2, 0) is 0 Å². The van der Waals surface area contributed by atoms with Crippen LogP contribution in [0.15, 0.2) is 12.4 Å². The number of hydrogen-bond donors (Lipinski definition) is 2.